The van der Waals surface area contributed by atoms with Crippen molar-refractivity contribution < 1.29 is 28.5 Å². The van der Waals surface area contributed by atoms with E-state index in [1.165, 1.54) is 0 Å². The van der Waals surface area contributed by atoms with E-state index in [4.69, 9.17) is 30.4 Å². The van der Waals surface area contributed by atoms with Crippen LogP contribution in [0.4, 0.5) is 0 Å². The molecule has 4 aromatic carbocycles. The van der Waals surface area contributed by atoms with Gasteiger partial charge in [0.25, 0.3) is 0 Å². The highest BCUT2D eigenvalue weighted by atomic mass is 32.1. The largest absolute Gasteiger partial charge is 0.484 e. The first kappa shape index (κ1) is 31.3. The fourth-order valence-electron chi connectivity index (χ4n) is 5.15. The zero-order valence-electron chi connectivity index (χ0n) is 24.7. The number of hydrogen-bond donors (Lipinski definition) is 2. The lowest BCUT2D eigenvalue weighted by Gasteiger charge is -2.24. The molecule has 234 valence electrons. The number of fused-ring (bicyclic) bond motifs is 2. The maximum Gasteiger partial charge on any atom is 0.419 e. The Bertz CT molecular complexity index is 1770. The fourth-order valence-corrected chi connectivity index (χ4v) is 6.86. The molecule has 0 saturated heterocycles. The zero-order valence-corrected chi connectivity index (χ0v) is 26.3. The van der Waals surface area contributed by atoms with Crippen LogP contribution in [-0.2, 0) is 19.1 Å². The van der Waals surface area contributed by atoms with Gasteiger partial charge in [-0.2, -0.15) is 0 Å². The van der Waals surface area contributed by atoms with Gasteiger partial charge in [-0.25, -0.2) is 9.59 Å². The second-order valence-corrected chi connectivity index (χ2v) is 12.4. The van der Waals surface area contributed by atoms with Crippen molar-refractivity contribution in [1.82, 2.24) is 0 Å². The highest BCUT2D eigenvalue weighted by molar-refractivity contribution is 7.17. The summed E-state index contributed by atoms with van der Waals surface area (Å²) in [5.74, 6) is -1.10. The summed E-state index contributed by atoms with van der Waals surface area (Å²) < 4.78 is 25.4. The molecule has 0 aliphatic rings. The van der Waals surface area contributed by atoms with E-state index in [0.717, 1.165) is 31.3 Å². The number of carbonyl (C=O) groups is 2. The third kappa shape index (κ3) is 7.55. The number of benzene rings is 4. The monoisotopic (exact) mass is 652 g/mol. The van der Waals surface area contributed by atoms with Crippen molar-refractivity contribution in [2.24, 2.45) is 11.5 Å². The van der Waals surface area contributed by atoms with Crippen LogP contribution in [0.1, 0.15) is 36.2 Å². The van der Waals surface area contributed by atoms with Crippen molar-refractivity contribution >= 4 is 54.8 Å². The SMILES string of the molecule is NC(C[C@H](Oc1cccc2ccsc12)c1ccccc1)OC(=O)C(=O)OC(N)C[C@H](Oc1cccc2ccsc12)c1ccccc1. The Morgan fingerprint density at radius 3 is 1.37 bits per heavy atom. The molecule has 0 spiro atoms. The molecule has 0 fully saturated rings. The lowest BCUT2D eigenvalue weighted by Crippen LogP contribution is -2.37. The van der Waals surface area contributed by atoms with Crippen molar-refractivity contribution in [3.63, 3.8) is 0 Å². The van der Waals surface area contributed by atoms with Crippen molar-refractivity contribution in [3.05, 3.63) is 131 Å². The second-order valence-electron chi connectivity index (χ2n) is 10.6. The van der Waals surface area contributed by atoms with Crippen LogP contribution in [0.25, 0.3) is 20.2 Å². The van der Waals surface area contributed by atoms with Gasteiger partial charge >= 0.3 is 11.9 Å². The van der Waals surface area contributed by atoms with Crippen molar-refractivity contribution in [2.45, 2.75) is 37.5 Å². The molecule has 4 N–H and O–H groups in total. The van der Waals surface area contributed by atoms with Gasteiger partial charge in [-0.3, -0.25) is 11.5 Å². The van der Waals surface area contributed by atoms with E-state index in [9.17, 15) is 9.59 Å². The zero-order chi connectivity index (χ0) is 31.9. The number of nitrogens with two attached hydrogens (primary N) is 2. The summed E-state index contributed by atoms with van der Waals surface area (Å²) in [6.45, 7) is 0. The molecule has 0 amide bonds. The Kier molecular flexibility index (Phi) is 9.90. The van der Waals surface area contributed by atoms with E-state index < -0.39 is 36.6 Å². The number of esters is 2. The maximum atomic E-state index is 12.8. The molecule has 6 rings (SSSR count). The normalized spacial score (nSPS) is 13.9. The van der Waals surface area contributed by atoms with Crippen LogP contribution in [-0.4, -0.2) is 24.4 Å². The van der Waals surface area contributed by atoms with Crippen LogP contribution in [0, 0.1) is 0 Å². The van der Waals surface area contributed by atoms with E-state index in [0.29, 0.717) is 11.5 Å². The minimum Gasteiger partial charge on any atom is -0.484 e. The highest BCUT2D eigenvalue weighted by Gasteiger charge is 2.28. The highest BCUT2D eigenvalue weighted by Crippen LogP contribution is 2.36. The van der Waals surface area contributed by atoms with Gasteiger partial charge in [0.2, 0.25) is 0 Å². The van der Waals surface area contributed by atoms with Gasteiger partial charge in [0, 0.05) is 12.8 Å². The molecule has 0 bridgehead atoms. The van der Waals surface area contributed by atoms with Gasteiger partial charge in [-0.15, -0.1) is 22.7 Å². The molecular formula is C36H32N2O6S2. The van der Waals surface area contributed by atoms with E-state index in [-0.39, 0.29) is 12.8 Å². The fraction of sp³-hybridized carbons (Fsp3) is 0.167. The number of ether oxygens (including phenoxy) is 4. The van der Waals surface area contributed by atoms with Crippen LogP contribution >= 0.6 is 22.7 Å². The Morgan fingerprint density at radius 1 is 0.543 bits per heavy atom. The van der Waals surface area contributed by atoms with Gasteiger partial charge in [0.15, 0.2) is 12.5 Å². The Balaban J connectivity index is 1.09. The van der Waals surface area contributed by atoms with E-state index in [1.54, 1.807) is 22.7 Å². The average Bonchev–Trinajstić information content (AvgIpc) is 3.76. The summed E-state index contributed by atoms with van der Waals surface area (Å²) in [5, 5.41) is 6.12. The minimum absolute atomic E-state index is 0.0923. The first-order valence-electron chi connectivity index (χ1n) is 14.7. The standard InChI is InChI=1S/C36H32N2O6S2/c37-31(21-29(23-9-3-1-4-10-23)41-27-15-7-13-25-17-19-45-33(25)27)43-35(39)36(40)44-32(38)22-30(24-11-5-2-6-12-24)42-28-16-8-14-26-18-20-46-34(26)28/h1-20,29-32H,21-22,37-38H2/t29-,30-,31?,32?/m0/s1. The molecule has 4 atom stereocenters. The topological polar surface area (TPSA) is 123 Å². The van der Waals surface area contributed by atoms with Crippen molar-refractivity contribution in [2.75, 3.05) is 0 Å². The van der Waals surface area contributed by atoms with E-state index in [1.807, 2.05) is 120 Å². The first-order valence-corrected chi connectivity index (χ1v) is 16.5. The van der Waals surface area contributed by atoms with Gasteiger partial charge in [-0.05, 0) is 56.9 Å². The summed E-state index contributed by atoms with van der Waals surface area (Å²) >= 11 is 3.14. The van der Waals surface area contributed by atoms with Crippen LogP contribution in [0.15, 0.2) is 120 Å². The summed E-state index contributed by atoms with van der Waals surface area (Å²) in [6, 6.07) is 34.7. The van der Waals surface area contributed by atoms with E-state index >= 15 is 0 Å². The Labute approximate surface area is 274 Å². The second kappa shape index (κ2) is 14.6. The molecule has 6 aromatic rings. The Hall–Kier alpha value is -4.74. The van der Waals surface area contributed by atoms with Gasteiger partial charge in [0.05, 0.1) is 9.40 Å². The third-order valence-electron chi connectivity index (χ3n) is 7.34. The Morgan fingerprint density at radius 2 is 0.957 bits per heavy atom. The van der Waals surface area contributed by atoms with Crippen LogP contribution in [0.2, 0.25) is 0 Å². The maximum absolute atomic E-state index is 12.8. The third-order valence-corrected chi connectivity index (χ3v) is 9.23. The summed E-state index contributed by atoms with van der Waals surface area (Å²) in [6.07, 6.45) is -3.23. The molecule has 2 aromatic heterocycles. The van der Waals surface area contributed by atoms with Gasteiger partial charge < -0.3 is 18.9 Å². The predicted molar refractivity (Wildman–Crippen MR) is 181 cm³/mol. The average molecular weight is 653 g/mol. The minimum atomic E-state index is -1.24. The van der Waals surface area contributed by atoms with Crippen molar-refractivity contribution in [3.8, 4) is 11.5 Å². The molecule has 10 heteroatoms. The molecule has 2 unspecified atom stereocenters. The molecule has 46 heavy (non-hydrogen) atoms. The van der Waals surface area contributed by atoms with Crippen LogP contribution < -0.4 is 20.9 Å². The smallest absolute Gasteiger partial charge is 0.419 e. The molecule has 2 heterocycles. The molecule has 8 nitrogen and oxygen atoms in total. The lowest BCUT2D eigenvalue weighted by molar-refractivity contribution is -0.175. The number of carbonyl (C=O) groups excluding carboxylic acids is 2. The molecule has 0 radical (unpaired) electrons. The summed E-state index contributed by atoms with van der Waals surface area (Å²) in [5.41, 5.74) is 14.1. The molecule has 0 aliphatic heterocycles. The first-order chi connectivity index (χ1) is 22.4. The summed E-state index contributed by atoms with van der Waals surface area (Å²) in [4.78, 5) is 25.5. The number of rotatable bonds is 12. The van der Waals surface area contributed by atoms with Crippen LogP contribution in [0.5, 0.6) is 11.5 Å². The van der Waals surface area contributed by atoms with E-state index in [2.05, 4.69) is 0 Å². The number of thiophene rings is 2. The number of hydrogen-bond acceptors (Lipinski definition) is 10. The van der Waals surface area contributed by atoms with Gasteiger partial charge in [0.1, 0.15) is 23.7 Å². The van der Waals surface area contributed by atoms with Crippen molar-refractivity contribution in [1.29, 1.82) is 0 Å². The van der Waals surface area contributed by atoms with Crippen LogP contribution in [0.3, 0.4) is 0 Å². The quantitative estimate of drug-likeness (QED) is 0.0792. The molecular weight excluding hydrogens is 621 g/mol. The molecule has 0 saturated carbocycles. The van der Waals surface area contributed by atoms with Gasteiger partial charge in [-0.1, -0.05) is 84.9 Å². The lowest BCUT2D eigenvalue weighted by atomic mass is 10.1. The summed E-state index contributed by atoms with van der Waals surface area (Å²) in [7, 11) is 0. The molecule has 0 aliphatic carbocycles. The predicted octanol–water partition coefficient (Wildman–Crippen LogP) is 7.49.